The minimum absolute atomic E-state index is 0.0612. The van der Waals surface area contributed by atoms with Gasteiger partial charge in [-0.05, 0) is 60.6 Å². The molecule has 3 aromatic rings. The molecule has 204 valence electrons. The van der Waals surface area contributed by atoms with E-state index in [9.17, 15) is 13.2 Å². The van der Waals surface area contributed by atoms with Crippen LogP contribution in [0, 0.1) is 6.92 Å². The summed E-state index contributed by atoms with van der Waals surface area (Å²) in [5.74, 6) is 0.525. The Hall–Kier alpha value is -3.70. The third kappa shape index (κ3) is 7.65. The third-order valence-electron chi connectivity index (χ3n) is 5.66. The van der Waals surface area contributed by atoms with Crippen molar-refractivity contribution in [3.8, 4) is 17.4 Å². The van der Waals surface area contributed by atoms with Gasteiger partial charge in [0.25, 0.3) is 5.91 Å². The quantitative estimate of drug-likeness (QED) is 0.342. The van der Waals surface area contributed by atoms with Crippen molar-refractivity contribution in [2.24, 2.45) is 0 Å². The van der Waals surface area contributed by atoms with E-state index in [-0.39, 0.29) is 23.5 Å². The van der Waals surface area contributed by atoms with Gasteiger partial charge >= 0.3 is 0 Å². The Morgan fingerprint density at radius 3 is 2.42 bits per heavy atom. The Balaban J connectivity index is 1.94. The lowest BCUT2D eigenvalue weighted by Crippen LogP contribution is -2.18. The Bertz CT molecular complexity index is 1420. The van der Waals surface area contributed by atoms with Crippen molar-refractivity contribution >= 4 is 27.3 Å². The number of sulfonamides is 1. The van der Waals surface area contributed by atoms with E-state index in [4.69, 9.17) is 14.6 Å². The maximum absolute atomic E-state index is 13.3. The van der Waals surface area contributed by atoms with E-state index < -0.39 is 15.9 Å². The zero-order valence-corrected chi connectivity index (χ0v) is 23.3. The number of aliphatic hydroxyl groups excluding tert-OH is 1. The van der Waals surface area contributed by atoms with E-state index in [1.54, 1.807) is 36.4 Å². The lowest BCUT2D eigenvalue weighted by atomic mass is 9.86. The number of amides is 1. The van der Waals surface area contributed by atoms with E-state index in [1.165, 1.54) is 13.4 Å². The van der Waals surface area contributed by atoms with Crippen LogP contribution in [0.1, 0.15) is 54.4 Å². The first-order chi connectivity index (χ1) is 17.8. The summed E-state index contributed by atoms with van der Waals surface area (Å²) in [6, 6.07) is 10.2. The van der Waals surface area contributed by atoms with E-state index in [2.05, 4.69) is 20.0 Å². The number of hydrogen-bond acceptors (Lipinski definition) is 8. The fourth-order valence-electron chi connectivity index (χ4n) is 3.64. The number of carbonyl (C=O) groups excluding carboxylic acids is 1. The molecule has 1 heterocycles. The van der Waals surface area contributed by atoms with Crippen LogP contribution in [0.5, 0.6) is 17.4 Å². The van der Waals surface area contributed by atoms with Gasteiger partial charge in [0.1, 0.15) is 12.1 Å². The Kier molecular flexibility index (Phi) is 8.95. The van der Waals surface area contributed by atoms with Crippen LogP contribution in [0.3, 0.4) is 0 Å². The molecule has 0 saturated heterocycles. The van der Waals surface area contributed by atoms with Gasteiger partial charge in [0.05, 0.1) is 24.7 Å². The molecule has 0 fully saturated rings. The van der Waals surface area contributed by atoms with Crippen molar-refractivity contribution in [3.63, 3.8) is 0 Å². The van der Waals surface area contributed by atoms with Gasteiger partial charge < -0.3 is 19.9 Å². The highest BCUT2D eigenvalue weighted by atomic mass is 32.2. The number of ether oxygens (including phenoxy) is 2. The summed E-state index contributed by atoms with van der Waals surface area (Å²) in [4.78, 5) is 21.7. The van der Waals surface area contributed by atoms with Crippen LogP contribution >= 0.6 is 0 Å². The molecule has 10 nitrogen and oxygen atoms in total. The molecule has 1 amide bonds. The first-order valence-electron chi connectivity index (χ1n) is 12.0. The summed E-state index contributed by atoms with van der Waals surface area (Å²) in [6.07, 6.45) is 3.61. The number of aliphatic hydroxyl groups is 1. The van der Waals surface area contributed by atoms with E-state index >= 15 is 0 Å². The Labute approximate surface area is 223 Å². The topological polar surface area (TPSA) is 140 Å². The number of benzene rings is 2. The van der Waals surface area contributed by atoms with Crippen LogP contribution in [-0.2, 0) is 21.9 Å². The minimum atomic E-state index is -3.60. The van der Waals surface area contributed by atoms with E-state index in [0.29, 0.717) is 35.7 Å². The van der Waals surface area contributed by atoms with Crippen molar-refractivity contribution < 1.29 is 27.8 Å². The van der Waals surface area contributed by atoms with Gasteiger partial charge in [-0.2, -0.15) is 0 Å². The number of aryl methyl sites for hydroxylation is 2. The van der Waals surface area contributed by atoms with Crippen molar-refractivity contribution in [2.45, 2.75) is 46.0 Å². The molecule has 38 heavy (non-hydrogen) atoms. The fourth-order valence-corrected chi connectivity index (χ4v) is 4.19. The molecule has 0 atom stereocenters. The molecule has 2 aromatic carbocycles. The zero-order chi connectivity index (χ0) is 28.1. The molecule has 11 heteroatoms. The van der Waals surface area contributed by atoms with Gasteiger partial charge in [-0.15, -0.1) is 0 Å². The SMILES string of the molecule is COc1c(NC(=O)c2ccc(C)c(Oc3cc(CCCO)ncn3)c2)cc(C(C)(C)C)cc1NS(C)(=O)=O. The summed E-state index contributed by atoms with van der Waals surface area (Å²) in [5.41, 5.74) is 2.87. The monoisotopic (exact) mass is 542 g/mol. The van der Waals surface area contributed by atoms with Crippen molar-refractivity contribution in [1.29, 1.82) is 0 Å². The van der Waals surface area contributed by atoms with Gasteiger partial charge in [0.15, 0.2) is 5.75 Å². The molecule has 0 aliphatic rings. The highest BCUT2D eigenvalue weighted by Gasteiger charge is 2.23. The standard InChI is InChI=1S/C27H34N4O6S/c1-17-9-10-18(12-23(17)37-24-15-20(8-7-11-32)28-16-29-24)26(33)30-21-13-19(27(2,3)4)14-22(25(21)36-5)31-38(6,34)35/h9-10,12-16,31-32H,7-8,11H2,1-6H3,(H,30,33). The molecule has 0 aliphatic heterocycles. The van der Waals surface area contributed by atoms with Gasteiger partial charge in [-0.1, -0.05) is 26.8 Å². The van der Waals surface area contributed by atoms with E-state index in [0.717, 1.165) is 23.1 Å². The lowest BCUT2D eigenvalue weighted by Gasteiger charge is -2.24. The number of anilines is 2. The van der Waals surface area contributed by atoms with Gasteiger partial charge in [-0.3, -0.25) is 9.52 Å². The number of aromatic nitrogens is 2. The number of nitrogens with one attached hydrogen (secondary N) is 2. The van der Waals surface area contributed by atoms with Crippen LogP contribution in [0.15, 0.2) is 42.7 Å². The van der Waals surface area contributed by atoms with E-state index in [1.807, 2.05) is 27.7 Å². The molecule has 0 unspecified atom stereocenters. The fraction of sp³-hybridized carbons (Fsp3) is 0.370. The predicted octanol–water partition coefficient (Wildman–Crippen LogP) is 4.43. The summed E-state index contributed by atoms with van der Waals surface area (Å²) in [6.45, 7) is 7.86. The molecule has 0 aliphatic carbocycles. The average molecular weight is 543 g/mol. The van der Waals surface area contributed by atoms with Gasteiger partial charge in [-0.25, -0.2) is 18.4 Å². The molecule has 3 rings (SSSR count). The molecular formula is C27H34N4O6S. The molecule has 0 bridgehead atoms. The van der Waals surface area contributed by atoms with Crippen molar-refractivity contribution in [2.75, 3.05) is 30.0 Å². The summed E-state index contributed by atoms with van der Waals surface area (Å²) in [7, 11) is -2.19. The second-order valence-corrected chi connectivity index (χ2v) is 11.7. The van der Waals surface area contributed by atoms with Crippen LogP contribution in [0.2, 0.25) is 0 Å². The first kappa shape index (κ1) is 28.9. The van der Waals surface area contributed by atoms with Crippen LogP contribution in [0.25, 0.3) is 0 Å². The summed E-state index contributed by atoms with van der Waals surface area (Å²) < 4.78 is 37.9. The smallest absolute Gasteiger partial charge is 0.255 e. The number of nitrogens with zero attached hydrogens (tertiary/aromatic N) is 2. The third-order valence-corrected chi connectivity index (χ3v) is 6.25. The molecule has 0 saturated carbocycles. The maximum atomic E-state index is 13.3. The number of rotatable bonds is 10. The van der Waals surface area contributed by atoms with Crippen LogP contribution < -0.4 is 19.5 Å². The second kappa shape index (κ2) is 11.8. The number of carbonyl (C=O) groups is 1. The van der Waals surface area contributed by atoms with Gasteiger partial charge in [0.2, 0.25) is 15.9 Å². The lowest BCUT2D eigenvalue weighted by molar-refractivity contribution is 0.102. The molecule has 0 radical (unpaired) electrons. The normalized spacial score (nSPS) is 11.7. The van der Waals surface area contributed by atoms with Crippen molar-refractivity contribution in [3.05, 3.63) is 65.1 Å². The van der Waals surface area contributed by atoms with Crippen LogP contribution in [-0.4, -0.2) is 49.4 Å². The predicted molar refractivity (Wildman–Crippen MR) is 147 cm³/mol. The highest BCUT2D eigenvalue weighted by molar-refractivity contribution is 7.92. The zero-order valence-electron chi connectivity index (χ0n) is 22.5. The molecular weight excluding hydrogens is 508 g/mol. The first-order valence-corrected chi connectivity index (χ1v) is 13.9. The molecule has 0 spiro atoms. The minimum Gasteiger partial charge on any atom is -0.492 e. The molecule has 1 aromatic heterocycles. The summed E-state index contributed by atoms with van der Waals surface area (Å²) >= 11 is 0. The number of hydrogen-bond donors (Lipinski definition) is 3. The van der Waals surface area contributed by atoms with Gasteiger partial charge in [0, 0.05) is 23.9 Å². The molecule has 3 N–H and O–H groups in total. The Morgan fingerprint density at radius 2 is 1.79 bits per heavy atom. The van der Waals surface area contributed by atoms with Crippen molar-refractivity contribution in [1.82, 2.24) is 9.97 Å². The largest absolute Gasteiger partial charge is 0.492 e. The maximum Gasteiger partial charge on any atom is 0.255 e. The van der Waals surface area contributed by atoms with Crippen LogP contribution in [0.4, 0.5) is 11.4 Å². The highest BCUT2D eigenvalue weighted by Crippen LogP contribution is 2.39. The average Bonchev–Trinajstić information content (AvgIpc) is 2.82. The number of methoxy groups -OCH3 is 1. The Morgan fingerprint density at radius 1 is 1.08 bits per heavy atom. The summed E-state index contributed by atoms with van der Waals surface area (Å²) in [5, 5.41) is 11.9. The second-order valence-electron chi connectivity index (χ2n) is 9.94.